The average molecular weight is 789 g/mol. The zero-order valence-electron chi connectivity index (χ0n) is 32.5. The summed E-state index contributed by atoms with van der Waals surface area (Å²) in [4.78, 5) is 58.6. The third-order valence-corrected chi connectivity index (χ3v) is 10.2. The first-order valence-corrected chi connectivity index (χ1v) is 19.6. The summed E-state index contributed by atoms with van der Waals surface area (Å²) in [5.74, 6) is 0.882. The number of ether oxygens (including phenoxy) is 2. The van der Waals surface area contributed by atoms with Crippen LogP contribution in [0, 0.1) is 5.41 Å². The van der Waals surface area contributed by atoms with Crippen LogP contribution < -0.4 is 29.7 Å². The Labute approximate surface area is 328 Å². The molecule has 2 aliphatic heterocycles. The quantitative estimate of drug-likeness (QED) is 0.0590. The highest BCUT2D eigenvalue weighted by atomic mass is 31.2. The van der Waals surface area contributed by atoms with Gasteiger partial charge in [0, 0.05) is 81.5 Å². The summed E-state index contributed by atoms with van der Waals surface area (Å²) in [6.07, 6.45) is 10.6. The number of nitrogens with zero attached hydrogens (tertiary/aromatic N) is 2. The van der Waals surface area contributed by atoms with Gasteiger partial charge in [0.1, 0.15) is 23.4 Å². The van der Waals surface area contributed by atoms with Crippen molar-refractivity contribution in [2.45, 2.75) is 51.3 Å². The van der Waals surface area contributed by atoms with Gasteiger partial charge in [0.05, 0.1) is 11.0 Å². The molecule has 0 radical (unpaired) electrons. The number of hydrogen-bond acceptors (Lipinski definition) is 10. The molecule has 2 unspecified atom stereocenters. The highest BCUT2D eigenvalue weighted by molar-refractivity contribution is 7.39. The Hall–Kier alpha value is -5.23. The predicted octanol–water partition coefficient (Wildman–Crippen LogP) is 6.88. The molecule has 3 aromatic carbocycles. The van der Waals surface area contributed by atoms with Crippen LogP contribution in [0.15, 0.2) is 96.1 Å². The Morgan fingerprint density at radius 3 is 2.05 bits per heavy atom. The fourth-order valence-electron chi connectivity index (χ4n) is 6.76. The fourth-order valence-corrected chi connectivity index (χ4v) is 7.07. The number of anilines is 2. The molecule has 2 amide bonds. The first-order valence-electron chi connectivity index (χ1n) is 18.4. The molecule has 1 fully saturated rings. The maximum absolute atomic E-state index is 13.7. The molecule has 1 aliphatic carbocycles. The lowest BCUT2D eigenvalue weighted by molar-refractivity contribution is -0.143. The normalized spacial score (nSPS) is 17.6. The zero-order chi connectivity index (χ0) is 40.6. The van der Waals surface area contributed by atoms with Gasteiger partial charge in [-0.25, -0.2) is 9.18 Å². The number of nitrogens with one attached hydrogen (secondary N) is 2. The number of fused-ring (bicyclic) bond motifs is 6. The molecular weight excluding hydrogens is 738 g/mol. The van der Waals surface area contributed by atoms with Gasteiger partial charge in [0.2, 0.25) is 12.3 Å². The van der Waals surface area contributed by atoms with E-state index in [1.54, 1.807) is 18.2 Å². The van der Waals surface area contributed by atoms with Gasteiger partial charge >= 0.3 is 14.6 Å². The molecular formula is C42H50FN4O8P. The number of hydrogen-bond donors (Lipinski definition) is 4. The average Bonchev–Trinajstić information content (AvgIpc) is 3.28. The van der Waals surface area contributed by atoms with Crippen LogP contribution >= 0.6 is 8.60 Å². The van der Waals surface area contributed by atoms with E-state index in [1.807, 2.05) is 99.5 Å². The summed E-state index contributed by atoms with van der Waals surface area (Å²) in [6.45, 7) is 4.43. The summed E-state index contributed by atoms with van der Waals surface area (Å²) >= 11 is 0. The Kier molecular flexibility index (Phi) is 13.6. The molecule has 3 aliphatic rings. The monoisotopic (exact) mass is 788 g/mol. The second-order valence-electron chi connectivity index (χ2n) is 14.4. The number of esters is 1. The van der Waals surface area contributed by atoms with E-state index < -0.39 is 31.8 Å². The van der Waals surface area contributed by atoms with E-state index in [0.29, 0.717) is 53.5 Å². The SMILES string of the molecule is CC(F)c1ccc(OP(O)O)cc1.CN(C)c1ccc2c(c1)Oc1cc(N(C)C)ccc1C21OC(=O)C2=CC(C)(C(=O)NCCCCCCNC=O)C=CC=C21. The van der Waals surface area contributed by atoms with Crippen LogP contribution in [0.4, 0.5) is 15.8 Å². The van der Waals surface area contributed by atoms with Crippen molar-refractivity contribution in [1.29, 1.82) is 0 Å². The van der Waals surface area contributed by atoms with Gasteiger partial charge < -0.3 is 44.2 Å². The summed E-state index contributed by atoms with van der Waals surface area (Å²) < 4.78 is 30.2. The summed E-state index contributed by atoms with van der Waals surface area (Å²) in [5, 5.41) is 5.70. The van der Waals surface area contributed by atoms with E-state index in [4.69, 9.17) is 19.3 Å². The molecule has 1 saturated heterocycles. The van der Waals surface area contributed by atoms with Gasteiger partial charge in [0.25, 0.3) is 0 Å². The molecule has 2 heterocycles. The second-order valence-corrected chi connectivity index (χ2v) is 15.1. The van der Waals surface area contributed by atoms with Crippen LogP contribution in [-0.4, -0.2) is 69.4 Å². The van der Waals surface area contributed by atoms with Gasteiger partial charge in [-0.05, 0) is 68.7 Å². The first kappa shape index (κ1) is 41.9. The number of benzene rings is 3. The molecule has 6 rings (SSSR count). The molecule has 3 aromatic rings. The van der Waals surface area contributed by atoms with Crippen molar-refractivity contribution in [2.24, 2.45) is 5.41 Å². The second kappa shape index (κ2) is 18.1. The van der Waals surface area contributed by atoms with Gasteiger partial charge in [-0.3, -0.25) is 9.59 Å². The van der Waals surface area contributed by atoms with E-state index in [0.717, 1.165) is 48.2 Å². The summed E-state index contributed by atoms with van der Waals surface area (Å²) in [7, 11) is 5.47. The number of rotatable bonds is 14. The first-order chi connectivity index (χ1) is 26.7. The maximum Gasteiger partial charge on any atom is 0.391 e. The molecule has 2 atom stereocenters. The number of alkyl halides is 1. The van der Waals surface area contributed by atoms with Crippen LogP contribution in [0.25, 0.3) is 0 Å². The van der Waals surface area contributed by atoms with Crippen molar-refractivity contribution >= 4 is 38.3 Å². The van der Waals surface area contributed by atoms with Gasteiger partial charge in [0.15, 0.2) is 5.60 Å². The lowest BCUT2D eigenvalue weighted by Gasteiger charge is -2.37. The molecule has 0 aromatic heterocycles. The molecule has 4 N–H and O–H groups in total. The number of carbonyl (C=O) groups is 3. The highest BCUT2D eigenvalue weighted by Crippen LogP contribution is 2.59. The smallest absolute Gasteiger partial charge is 0.391 e. The lowest BCUT2D eigenvalue weighted by atomic mass is 9.75. The standard InChI is InChI=1S/C34H40N4O5.C8H10FO3P/c1-33(32(41)36-18-9-7-6-8-17-35-22-39)16-10-11-26-25(21-33)31(40)43-34(26)27-14-12-23(37(2)3)19-29(27)42-30-20-24(38(4)5)13-15-28(30)34;1-6(9)7-2-4-8(5-3-7)12-13(10)11/h10-16,19-22H,6-9,17-18H2,1-5H3,(H,35,39)(H,36,41);2-6,10-11H,1H3. The Bertz CT molecular complexity index is 1940. The van der Waals surface area contributed by atoms with Gasteiger partial charge in [-0.2, -0.15) is 0 Å². The third kappa shape index (κ3) is 9.24. The van der Waals surface area contributed by atoms with Crippen molar-refractivity contribution < 1.29 is 42.6 Å². The van der Waals surface area contributed by atoms with Crippen LogP contribution in [0.2, 0.25) is 0 Å². The molecule has 1 spiro atoms. The molecule has 12 nitrogen and oxygen atoms in total. The number of amides is 2. The number of allylic oxidation sites excluding steroid dienone is 2. The Morgan fingerprint density at radius 1 is 0.929 bits per heavy atom. The molecule has 14 heteroatoms. The van der Waals surface area contributed by atoms with E-state index >= 15 is 0 Å². The Morgan fingerprint density at radius 2 is 1.52 bits per heavy atom. The van der Waals surface area contributed by atoms with Crippen LogP contribution in [0.1, 0.15) is 62.4 Å². The van der Waals surface area contributed by atoms with Crippen LogP contribution in [-0.2, 0) is 24.7 Å². The van der Waals surface area contributed by atoms with Crippen molar-refractivity contribution in [3.05, 3.63) is 113 Å². The van der Waals surface area contributed by atoms with Gasteiger partial charge in [-0.15, -0.1) is 0 Å². The lowest BCUT2D eigenvalue weighted by Crippen LogP contribution is -2.37. The van der Waals surface area contributed by atoms with Crippen LogP contribution in [0.5, 0.6) is 17.2 Å². The summed E-state index contributed by atoms with van der Waals surface area (Å²) in [6, 6.07) is 17.9. The molecule has 0 saturated carbocycles. The molecule has 0 bridgehead atoms. The highest BCUT2D eigenvalue weighted by Gasteiger charge is 2.56. The predicted molar refractivity (Wildman–Crippen MR) is 215 cm³/mol. The summed E-state index contributed by atoms with van der Waals surface area (Å²) in [5.41, 5.74) is 2.68. The zero-order valence-corrected chi connectivity index (χ0v) is 33.4. The van der Waals surface area contributed by atoms with Gasteiger partial charge in [-0.1, -0.05) is 49.3 Å². The van der Waals surface area contributed by atoms with Crippen molar-refractivity contribution in [1.82, 2.24) is 10.6 Å². The van der Waals surface area contributed by atoms with E-state index in [-0.39, 0.29) is 5.91 Å². The van der Waals surface area contributed by atoms with E-state index in [1.165, 1.54) is 19.1 Å². The minimum Gasteiger partial charge on any atom is -0.456 e. The van der Waals surface area contributed by atoms with Crippen molar-refractivity contribution in [3.63, 3.8) is 0 Å². The minimum atomic E-state index is -2.40. The largest absolute Gasteiger partial charge is 0.456 e. The number of unbranched alkanes of at least 4 members (excludes halogenated alkanes) is 3. The minimum absolute atomic E-state index is 0.179. The fraction of sp³-hybridized carbons (Fsp3) is 0.357. The topological polar surface area (TPSA) is 150 Å². The Balaban J connectivity index is 0.000000392. The molecule has 56 heavy (non-hydrogen) atoms. The number of halogens is 1. The van der Waals surface area contributed by atoms with E-state index in [2.05, 4.69) is 15.2 Å². The van der Waals surface area contributed by atoms with E-state index in [9.17, 15) is 18.8 Å². The third-order valence-electron chi connectivity index (χ3n) is 9.86. The number of carbonyl (C=O) groups excluding carboxylic acids is 3. The molecule has 298 valence electrons. The van der Waals surface area contributed by atoms with Crippen molar-refractivity contribution in [3.8, 4) is 17.2 Å². The van der Waals surface area contributed by atoms with Crippen LogP contribution in [0.3, 0.4) is 0 Å². The maximum atomic E-state index is 13.7. The van der Waals surface area contributed by atoms with Crippen molar-refractivity contribution in [2.75, 3.05) is 51.1 Å².